The van der Waals surface area contributed by atoms with Gasteiger partial charge in [-0.3, -0.25) is 10.1 Å². The lowest BCUT2D eigenvalue weighted by molar-refractivity contribution is 0.0951. The van der Waals surface area contributed by atoms with Crippen LogP contribution in [0.3, 0.4) is 0 Å². The highest BCUT2D eigenvalue weighted by Gasteiger charge is 2.15. The van der Waals surface area contributed by atoms with Gasteiger partial charge < -0.3 is 9.73 Å². The van der Waals surface area contributed by atoms with Gasteiger partial charge in [0.15, 0.2) is 10.9 Å². The van der Waals surface area contributed by atoms with Gasteiger partial charge in [0, 0.05) is 16.3 Å². The summed E-state index contributed by atoms with van der Waals surface area (Å²) in [6.07, 6.45) is 1.01. The third-order valence-electron chi connectivity index (χ3n) is 4.54. The van der Waals surface area contributed by atoms with Gasteiger partial charge in [0.1, 0.15) is 5.76 Å². The van der Waals surface area contributed by atoms with Crippen LogP contribution in [0, 0.1) is 0 Å². The van der Waals surface area contributed by atoms with Crippen LogP contribution in [-0.4, -0.2) is 11.0 Å². The van der Waals surface area contributed by atoms with Crippen molar-refractivity contribution in [2.45, 2.75) is 26.2 Å². The fourth-order valence-electron chi connectivity index (χ4n) is 2.81. The molecule has 3 rings (SSSR count). The van der Waals surface area contributed by atoms with Crippen molar-refractivity contribution in [2.24, 2.45) is 0 Å². The number of benzene rings is 2. The molecule has 0 aliphatic heterocycles. The lowest BCUT2D eigenvalue weighted by atomic mass is 9.97. The number of anilines is 1. The first kappa shape index (κ1) is 20.1. The van der Waals surface area contributed by atoms with Gasteiger partial charge in [-0.15, -0.1) is 0 Å². The Kier molecular flexibility index (Phi) is 6.49. The van der Waals surface area contributed by atoms with E-state index in [-0.39, 0.29) is 10.9 Å². The summed E-state index contributed by atoms with van der Waals surface area (Å²) in [5.41, 5.74) is 2.89. The normalized spacial score (nSPS) is 11.7. The zero-order valence-electron chi connectivity index (χ0n) is 15.7. The van der Waals surface area contributed by atoms with E-state index in [1.54, 1.807) is 24.3 Å². The third-order valence-corrected chi connectivity index (χ3v) is 4.99. The van der Waals surface area contributed by atoms with E-state index in [4.69, 9.17) is 28.2 Å². The highest BCUT2D eigenvalue weighted by molar-refractivity contribution is 7.80. The van der Waals surface area contributed by atoms with Crippen LogP contribution in [0.5, 0.6) is 0 Å². The van der Waals surface area contributed by atoms with Crippen LogP contribution in [-0.2, 0) is 0 Å². The molecular weight excluding hydrogens is 392 g/mol. The summed E-state index contributed by atoms with van der Waals surface area (Å²) < 4.78 is 5.66. The highest BCUT2D eigenvalue weighted by atomic mass is 35.5. The fourth-order valence-corrected chi connectivity index (χ4v) is 3.14. The second-order valence-electron chi connectivity index (χ2n) is 6.48. The van der Waals surface area contributed by atoms with Crippen molar-refractivity contribution in [3.8, 4) is 11.3 Å². The van der Waals surface area contributed by atoms with Crippen molar-refractivity contribution in [1.82, 2.24) is 5.32 Å². The molecular formula is C22H21ClN2O2S. The molecule has 144 valence electrons. The number of carbonyl (C=O) groups is 1. The zero-order chi connectivity index (χ0) is 20.1. The largest absolute Gasteiger partial charge is 0.451 e. The van der Waals surface area contributed by atoms with E-state index in [0.29, 0.717) is 16.7 Å². The molecule has 2 aromatic carbocycles. The summed E-state index contributed by atoms with van der Waals surface area (Å²) >= 11 is 11.2. The first-order chi connectivity index (χ1) is 13.5. The summed E-state index contributed by atoms with van der Waals surface area (Å²) in [6, 6.07) is 18.5. The molecule has 1 atom stereocenters. The number of hydrogen-bond donors (Lipinski definition) is 2. The fraction of sp³-hybridized carbons (Fsp3) is 0.182. The van der Waals surface area contributed by atoms with Gasteiger partial charge in [-0.2, -0.15) is 0 Å². The standard InChI is InChI=1S/C22H21ClN2O2S/c1-3-14(2)17-6-4-5-7-18(17)24-22(28)25-21(26)20-13-12-19(27-20)15-8-10-16(23)11-9-15/h4-14H,3H2,1-2H3,(H2,24,25,26,28)/t14-/m0/s1. The number of nitrogens with one attached hydrogen (secondary N) is 2. The Balaban J connectivity index is 1.67. The molecule has 1 amide bonds. The van der Waals surface area contributed by atoms with Crippen LogP contribution >= 0.6 is 23.8 Å². The van der Waals surface area contributed by atoms with E-state index in [1.807, 2.05) is 30.3 Å². The van der Waals surface area contributed by atoms with Gasteiger partial charge >= 0.3 is 0 Å². The number of carbonyl (C=O) groups excluding carboxylic acids is 1. The molecule has 1 heterocycles. The molecule has 0 aliphatic carbocycles. The topological polar surface area (TPSA) is 54.3 Å². The van der Waals surface area contributed by atoms with Gasteiger partial charge in [-0.25, -0.2) is 0 Å². The average molecular weight is 413 g/mol. The van der Waals surface area contributed by atoms with Crippen LogP contribution in [0.2, 0.25) is 5.02 Å². The molecule has 0 spiro atoms. The Bertz CT molecular complexity index is 982. The van der Waals surface area contributed by atoms with Crippen molar-refractivity contribution in [3.05, 3.63) is 77.0 Å². The monoisotopic (exact) mass is 412 g/mol. The van der Waals surface area contributed by atoms with Crippen LogP contribution in [0.15, 0.2) is 65.1 Å². The molecule has 4 nitrogen and oxygen atoms in total. The molecule has 0 saturated carbocycles. The summed E-state index contributed by atoms with van der Waals surface area (Å²) in [7, 11) is 0. The maximum atomic E-state index is 12.5. The maximum Gasteiger partial charge on any atom is 0.293 e. The molecule has 28 heavy (non-hydrogen) atoms. The van der Waals surface area contributed by atoms with E-state index < -0.39 is 5.91 Å². The van der Waals surface area contributed by atoms with Gasteiger partial charge in [0.2, 0.25) is 0 Å². The Hall–Kier alpha value is -2.63. The van der Waals surface area contributed by atoms with Crippen molar-refractivity contribution in [1.29, 1.82) is 0 Å². The number of hydrogen-bond acceptors (Lipinski definition) is 3. The SMILES string of the molecule is CC[C@H](C)c1ccccc1NC(=S)NC(=O)c1ccc(-c2ccc(Cl)cc2)o1. The van der Waals surface area contributed by atoms with Gasteiger partial charge in [-0.1, -0.05) is 43.6 Å². The molecule has 0 saturated heterocycles. The molecule has 0 fully saturated rings. The number of para-hydroxylation sites is 1. The minimum atomic E-state index is -0.404. The quantitative estimate of drug-likeness (QED) is 0.487. The third kappa shape index (κ3) is 4.80. The molecule has 0 bridgehead atoms. The molecule has 1 aromatic heterocycles. The Morgan fingerprint density at radius 1 is 1.11 bits per heavy atom. The van der Waals surface area contributed by atoms with E-state index in [9.17, 15) is 4.79 Å². The van der Waals surface area contributed by atoms with Gasteiger partial charge in [0.25, 0.3) is 5.91 Å². The summed E-state index contributed by atoms with van der Waals surface area (Å²) in [6.45, 7) is 4.29. The Morgan fingerprint density at radius 3 is 2.54 bits per heavy atom. The van der Waals surface area contributed by atoms with Crippen molar-refractivity contribution < 1.29 is 9.21 Å². The molecule has 0 unspecified atom stereocenters. The molecule has 0 radical (unpaired) electrons. The van der Waals surface area contributed by atoms with Crippen LogP contribution in [0.25, 0.3) is 11.3 Å². The smallest absolute Gasteiger partial charge is 0.293 e. The second kappa shape index (κ2) is 9.04. The minimum Gasteiger partial charge on any atom is -0.451 e. The molecule has 0 aliphatic rings. The lowest BCUT2D eigenvalue weighted by Crippen LogP contribution is -2.34. The van der Waals surface area contributed by atoms with Crippen molar-refractivity contribution in [2.75, 3.05) is 5.32 Å². The highest BCUT2D eigenvalue weighted by Crippen LogP contribution is 2.27. The van der Waals surface area contributed by atoms with Crippen molar-refractivity contribution in [3.63, 3.8) is 0 Å². The van der Waals surface area contributed by atoms with E-state index in [1.165, 1.54) is 0 Å². The van der Waals surface area contributed by atoms with Crippen LogP contribution in [0.4, 0.5) is 5.69 Å². The van der Waals surface area contributed by atoms with Gasteiger partial charge in [-0.05, 0) is 72.6 Å². The summed E-state index contributed by atoms with van der Waals surface area (Å²) in [5, 5.41) is 6.65. The van der Waals surface area contributed by atoms with E-state index in [2.05, 4.69) is 30.5 Å². The molecule has 6 heteroatoms. The number of rotatable bonds is 5. The number of amides is 1. The first-order valence-corrected chi connectivity index (χ1v) is 9.83. The number of furan rings is 1. The van der Waals surface area contributed by atoms with Gasteiger partial charge in [0.05, 0.1) is 0 Å². The first-order valence-electron chi connectivity index (χ1n) is 9.05. The Morgan fingerprint density at radius 2 is 1.82 bits per heavy atom. The number of halogens is 1. The zero-order valence-corrected chi connectivity index (χ0v) is 17.2. The number of thiocarbonyl (C=S) groups is 1. The summed E-state index contributed by atoms with van der Waals surface area (Å²) in [5.74, 6) is 0.750. The maximum absolute atomic E-state index is 12.5. The molecule has 3 aromatic rings. The molecule has 2 N–H and O–H groups in total. The predicted octanol–water partition coefficient (Wildman–Crippen LogP) is 6.24. The average Bonchev–Trinajstić information content (AvgIpc) is 3.18. The van der Waals surface area contributed by atoms with Crippen molar-refractivity contribution >= 4 is 40.5 Å². The summed E-state index contributed by atoms with van der Waals surface area (Å²) in [4.78, 5) is 12.5. The minimum absolute atomic E-state index is 0.185. The lowest BCUT2D eigenvalue weighted by Gasteiger charge is -2.16. The van der Waals surface area contributed by atoms with E-state index in [0.717, 1.165) is 23.2 Å². The predicted molar refractivity (Wildman–Crippen MR) is 118 cm³/mol. The van der Waals surface area contributed by atoms with Crippen LogP contribution < -0.4 is 10.6 Å². The second-order valence-corrected chi connectivity index (χ2v) is 7.32. The Labute approximate surface area is 174 Å². The van der Waals surface area contributed by atoms with Crippen LogP contribution in [0.1, 0.15) is 42.3 Å². The van der Waals surface area contributed by atoms with E-state index >= 15 is 0 Å².